The van der Waals surface area contributed by atoms with Gasteiger partial charge in [0.2, 0.25) is 5.91 Å². The van der Waals surface area contributed by atoms with Crippen LogP contribution in [0.5, 0.6) is 0 Å². The van der Waals surface area contributed by atoms with Gasteiger partial charge in [0.25, 0.3) is 10.0 Å². The summed E-state index contributed by atoms with van der Waals surface area (Å²) in [7, 11) is -3.70. The average molecular weight is 371 g/mol. The van der Waals surface area contributed by atoms with E-state index in [1.165, 1.54) is 0 Å². The Balaban J connectivity index is 1.73. The molecule has 0 aliphatic carbocycles. The van der Waals surface area contributed by atoms with Crippen molar-refractivity contribution in [3.63, 3.8) is 0 Å². The van der Waals surface area contributed by atoms with Crippen LogP contribution in [0.2, 0.25) is 0 Å². The fourth-order valence-corrected chi connectivity index (χ4v) is 3.62. The summed E-state index contributed by atoms with van der Waals surface area (Å²) in [4.78, 5) is 16.0. The minimum absolute atomic E-state index is 0.133. The van der Waals surface area contributed by atoms with E-state index in [1.54, 1.807) is 36.1 Å². The van der Waals surface area contributed by atoms with Gasteiger partial charge >= 0.3 is 0 Å². The first kappa shape index (κ1) is 18.1. The zero-order valence-corrected chi connectivity index (χ0v) is 15.6. The molecule has 2 aromatic rings. The van der Waals surface area contributed by atoms with E-state index in [9.17, 15) is 13.2 Å². The molecule has 0 unspecified atom stereocenters. The first-order valence-corrected chi connectivity index (χ1v) is 9.89. The first-order valence-electron chi connectivity index (χ1n) is 8.40. The molecular weight excluding hydrogens is 350 g/mol. The van der Waals surface area contributed by atoms with Crippen molar-refractivity contribution in [3.05, 3.63) is 59.7 Å². The number of hydrogen-bond donors (Lipinski definition) is 1. The predicted octanol–water partition coefficient (Wildman–Crippen LogP) is 2.82. The van der Waals surface area contributed by atoms with Crippen molar-refractivity contribution in [2.24, 2.45) is 5.10 Å². The van der Waals surface area contributed by atoms with Crippen molar-refractivity contribution in [1.29, 1.82) is 0 Å². The summed E-state index contributed by atoms with van der Waals surface area (Å²) in [6.45, 7) is 4.36. The highest BCUT2D eigenvalue weighted by Gasteiger charge is 2.21. The number of hydrazone groups is 1. The monoisotopic (exact) mass is 371 g/mol. The average Bonchev–Trinajstić information content (AvgIpc) is 3.06. The second kappa shape index (κ2) is 7.29. The Hall–Kier alpha value is -2.67. The van der Waals surface area contributed by atoms with E-state index in [1.807, 2.05) is 31.2 Å². The number of nitrogens with zero attached hydrogens (tertiary/aromatic N) is 2. The number of rotatable bonds is 5. The van der Waals surface area contributed by atoms with Gasteiger partial charge < -0.3 is 4.90 Å². The summed E-state index contributed by atoms with van der Waals surface area (Å²) >= 11 is 0. The lowest BCUT2D eigenvalue weighted by atomic mass is 10.1. The highest BCUT2D eigenvalue weighted by molar-refractivity contribution is 7.89. The van der Waals surface area contributed by atoms with Crippen LogP contribution >= 0.6 is 0 Å². The lowest BCUT2D eigenvalue weighted by molar-refractivity contribution is -0.117. The molecule has 3 rings (SSSR count). The summed E-state index contributed by atoms with van der Waals surface area (Å²) in [5.74, 6) is 0.133. The van der Waals surface area contributed by atoms with Crippen LogP contribution in [0.25, 0.3) is 0 Å². The van der Waals surface area contributed by atoms with E-state index < -0.39 is 10.0 Å². The molecular formula is C19H21N3O3S. The molecule has 0 spiro atoms. The van der Waals surface area contributed by atoms with E-state index in [0.29, 0.717) is 12.1 Å². The van der Waals surface area contributed by atoms with Crippen molar-refractivity contribution >= 4 is 27.3 Å². The summed E-state index contributed by atoms with van der Waals surface area (Å²) in [5.41, 5.74) is 3.16. The Morgan fingerprint density at radius 1 is 1.08 bits per heavy atom. The van der Waals surface area contributed by atoms with E-state index in [2.05, 4.69) is 9.93 Å². The van der Waals surface area contributed by atoms with Gasteiger partial charge in [-0.25, -0.2) is 0 Å². The van der Waals surface area contributed by atoms with Crippen LogP contribution in [-0.4, -0.2) is 26.6 Å². The minimum Gasteiger partial charge on any atom is -0.312 e. The number of sulfonamides is 1. The maximum absolute atomic E-state index is 12.3. The maximum atomic E-state index is 12.3. The van der Waals surface area contributed by atoms with Crippen molar-refractivity contribution in [1.82, 2.24) is 4.83 Å². The number of anilines is 1. The van der Waals surface area contributed by atoms with Gasteiger partial charge in [0.15, 0.2) is 0 Å². The third-order valence-electron chi connectivity index (χ3n) is 4.33. The molecule has 0 atom stereocenters. The molecule has 6 nitrogen and oxygen atoms in total. The van der Waals surface area contributed by atoms with Crippen molar-refractivity contribution in [3.8, 4) is 0 Å². The molecule has 7 heteroatoms. The van der Waals surface area contributed by atoms with Crippen molar-refractivity contribution in [2.75, 3.05) is 11.4 Å². The summed E-state index contributed by atoms with van der Waals surface area (Å²) in [5, 5.41) is 4.01. The van der Waals surface area contributed by atoms with Gasteiger partial charge in [-0.05, 0) is 50.1 Å². The molecule has 0 radical (unpaired) electrons. The highest BCUT2D eigenvalue weighted by atomic mass is 32.2. The van der Waals surface area contributed by atoms with Crippen LogP contribution in [0.15, 0.2) is 58.5 Å². The number of carbonyl (C=O) groups is 1. The number of nitrogens with one attached hydrogen (secondary N) is 1. The van der Waals surface area contributed by atoms with Gasteiger partial charge in [0.05, 0.1) is 10.6 Å². The van der Waals surface area contributed by atoms with E-state index >= 15 is 0 Å². The van der Waals surface area contributed by atoms with Crippen molar-refractivity contribution in [2.45, 2.75) is 31.6 Å². The molecule has 2 aromatic carbocycles. The fourth-order valence-electron chi connectivity index (χ4n) is 2.77. The number of benzene rings is 2. The SMILES string of the molecule is C/C(=N/NS(=O)(=O)c1ccc(C)cc1)c1ccc(N2CCCC2=O)cc1. The Morgan fingerprint density at radius 2 is 1.73 bits per heavy atom. The molecule has 0 bridgehead atoms. The Kier molecular flexibility index (Phi) is 5.08. The molecule has 1 amide bonds. The first-order chi connectivity index (χ1) is 12.4. The molecule has 1 fully saturated rings. The lowest BCUT2D eigenvalue weighted by Crippen LogP contribution is -2.23. The molecule has 1 saturated heterocycles. The molecule has 1 aliphatic rings. The van der Waals surface area contributed by atoms with Crippen LogP contribution in [0.4, 0.5) is 5.69 Å². The molecule has 136 valence electrons. The maximum Gasteiger partial charge on any atom is 0.276 e. The Morgan fingerprint density at radius 3 is 2.31 bits per heavy atom. The van der Waals surface area contributed by atoms with Gasteiger partial charge in [-0.3, -0.25) is 4.79 Å². The summed E-state index contributed by atoms with van der Waals surface area (Å²) in [6.07, 6.45) is 1.46. The van der Waals surface area contributed by atoms with Crippen molar-refractivity contribution < 1.29 is 13.2 Å². The van der Waals surface area contributed by atoms with Gasteiger partial charge in [-0.2, -0.15) is 18.4 Å². The Bertz CT molecular complexity index is 933. The quantitative estimate of drug-likeness (QED) is 0.648. The van der Waals surface area contributed by atoms with Crippen LogP contribution < -0.4 is 9.73 Å². The van der Waals surface area contributed by atoms with Gasteiger partial charge in [0, 0.05) is 18.7 Å². The van der Waals surface area contributed by atoms with Crippen LogP contribution in [-0.2, 0) is 14.8 Å². The molecule has 0 saturated carbocycles. The minimum atomic E-state index is -3.70. The normalized spacial score (nSPS) is 15.4. The van der Waals surface area contributed by atoms with Crippen LogP contribution in [0.3, 0.4) is 0 Å². The summed E-state index contributed by atoms with van der Waals surface area (Å²) < 4.78 is 24.6. The molecule has 0 aromatic heterocycles. The molecule has 26 heavy (non-hydrogen) atoms. The lowest BCUT2D eigenvalue weighted by Gasteiger charge is -2.15. The molecule has 1 heterocycles. The molecule has 1 N–H and O–H groups in total. The standard InChI is InChI=1S/C19H21N3O3S/c1-14-5-11-18(12-6-14)26(24,25)21-20-15(2)16-7-9-17(10-8-16)22-13-3-4-19(22)23/h5-12,21H,3-4,13H2,1-2H3/b20-15-. The number of aryl methyl sites for hydroxylation is 1. The summed E-state index contributed by atoms with van der Waals surface area (Å²) in [6, 6.07) is 13.9. The van der Waals surface area contributed by atoms with E-state index in [0.717, 1.165) is 29.8 Å². The second-order valence-electron chi connectivity index (χ2n) is 6.30. The molecule has 1 aliphatic heterocycles. The Labute approximate surface area is 153 Å². The number of hydrogen-bond acceptors (Lipinski definition) is 4. The predicted molar refractivity (Wildman–Crippen MR) is 102 cm³/mol. The number of carbonyl (C=O) groups excluding carboxylic acids is 1. The zero-order chi connectivity index (χ0) is 18.7. The van der Waals surface area contributed by atoms with Gasteiger partial charge in [-0.1, -0.05) is 29.8 Å². The van der Waals surface area contributed by atoms with Gasteiger partial charge in [-0.15, -0.1) is 0 Å². The third kappa shape index (κ3) is 3.94. The van der Waals surface area contributed by atoms with Crippen LogP contribution in [0, 0.1) is 6.92 Å². The fraction of sp³-hybridized carbons (Fsp3) is 0.263. The van der Waals surface area contributed by atoms with Gasteiger partial charge in [0.1, 0.15) is 0 Å². The second-order valence-corrected chi connectivity index (χ2v) is 7.96. The third-order valence-corrected chi connectivity index (χ3v) is 5.56. The zero-order valence-electron chi connectivity index (χ0n) is 14.8. The smallest absolute Gasteiger partial charge is 0.276 e. The van der Waals surface area contributed by atoms with E-state index in [4.69, 9.17) is 0 Å². The van der Waals surface area contributed by atoms with Crippen LogP contribution in [0.1, 0.15) is 30.9 Å². The number of amides is 1. The van der Waals surface area contributed by atoms with E-state index in [-0.39, 0.29) is 10.8 Å². The highest BCUT2D eigenvalue weighted by Crippen LogP contribution is 2.21. The topological polar surface area (TPSA) is 78.8 Å². The largest absolute Gasteiger partial charge is 0.312 e.